The van der Waals surface area contributed by atoms with E-state index in [2.05, 4.69) is 9.88 Å². The second-order valence-electron chi connectivity index (χ2n) is 7.08. The zero-order chi connectivity index (χ0) is 19.5. The summed E-state index contributed by atoms with van der Waals surface area (Å²) in [6.07, 6.45) is 2.06. The number of amides is 2. The Balaban J connectivity index is 1.41. The Hall–Kier alpha value is -2.93. The number of anilines is 2. The van der Waals surface area contributed by atoms with Gasteiger partial charge in [0.05, 0.1) is 44.9 Å². The number of hydrogen-bond donors (Lipinski definition) is 1. The summed E-state index contributed by atoms with van der Waals surface area (Å²) in [7, 11) is 0. The molecule has 2 aliphatic rings. The van der Waals surface area contributed by atoms with Crippen molar-refractivity contribution in [1.82, 2.24) is 4.98 Å². The minimum absolute atomic E-state index is 0.101. The van der Waals surface area contributed by atoms with Crippen molar-refractivity contribution in [2.24, 2.45) is 0 Å². The van der Waals surface area contributed by atoms with Gasteiger partial charge in [0.25, 0.3) is 5.91 Å². The molecule has 7 nitrogen and oxygen atoms in total. The highest BCUT2D eigenvalue weighted by Crippen LogP contribution is 2.24. The van der Waals surface area contributed by atoms with Gasteiger partial charge >= 0.3 is 0 Å². The lowest BCUT2D eigenvalue weighted by atomic mass is 10.1. The number of quaternary nitrogens is 1. The number of pyridine rings is 1. The van der Waals surface area contributed by atoms with Crippen molar-refractivity contribution in [2.75, 3.05) is 42.6 Å². The average Bonchev–Trinajstić information content (AvgIpc) is 3.04. The van der Waals surface area contributed by atoms with Crippen LogP contribution in [-0.2, 0) is 9.59 Å². The standard InChI is InChI=1S/C21H24N4O3/c1-2-28-17-8-6-16(7-9-17)25-20(26)15-18(21(25)27)23-11-13-24(14-12-23)19-5-3-4-10-22-19/h3-10,18H,2,11-15H2,1H3/p+1. The highest BCUT2D eigenvalue weighted by atomic mass is 16.5. The number of rotatable bonds is 5. The Kier molecular flexibility index (Phi) is 5.25. The smallest absolute Gasteiger partial charge is 0.292 e. The Bertz CT molecular complexity index is 832. The van der Waals surface area contributed by atoms with E-state index in [0.717, 1.165) is 37.7 Å². The van der Waals surface area contributed by atoms with Gasteiger partial charge in [0, 0.05) is 6.20 Å². The summed E-state index contributed by atoms with van der Waals surface area (Å²) in [5.41, 5.74) is 0.618. The van der Waals surface area contributed by atoms with Crippen LogP contribution in [0.5, 0.6) is 5.75 Å². The molecule has 1 aromatic carbocycles. The van der Waals surface area contributed by atoms with Crippen molar-refractivity contribution in [3.63, 3.8) is 0 Å². The SMILES string of the molecule is CCOc1ccc(N2C(=O)CC([NH+]3CCN(c4ccccn4)CC3)C2=O)cc1. The van der Waals surface area contributed by atoms with Gasteiger partial charge in [-0.15, -0.1) is 0 Å². The molecule has 0 bridgehead atoms. The number of carbonyl (C=O) groups is 2. The largest absolute Gasteiger partial charge is 0.494 e. The first kappa shape index (κ1) is 18.4. The maximum atomic E-state index is 13.0. The molecule has 1 N–H and O–H groups in total. The van der Waals surface area contributed by atoms with Crippen LogP contribution in [0.4, 0.5) is 11.5 Å². The van der Waals surface area contributed by atoms with Crippen molar-refractivity contribution >= 4 is 23.3 Å². The fourth-order valence-corrected chi connectivity index (χ4v) is 3.99. The van der Waals surface area contributed by atoms with E-state index in [1.165, 1.54) is 9.80 Å². The van der Waals surface area contributed by atoms with Crippen LogP contribution in [0.25, 0.3) is 0 Å². The molecule has 0 spiro atoms. The topological polar surface area (TPSA) is 67.2 Å². The third-order valence-electron chi connectivity index (χ3n) is 5.42. The molecule has 2 saturated heterocycles. The first-order valence-corrected chi connectivity index (χ1v) is 9.77. The molecular formula is C21H25N4O3+. The minimum atomic E-state index is -0.301. The predicted molar refractivity (Wildman–Crippen MR) is 106 cm³/mol. The summed E-state index contributed by atoms with van der Waals surface area (Å²) >= 11 is 0. The van der Waals surface area contributed by atoms with E-state index in [-0.39, 0.29) is 24.3 Å². The molecule has 0 aliphatic carbocycles. The van der Waals surface area contributed by atoms with Crippen molar-refractivity contribution in [1.29, 1.82) is 0 Å². The number of nitrogens with one attached hydrogen (secondary N) is 1. The molecule has 1 atom stereocenters. The van der Waals surface area contributed by atoms with Crippen molar-refractivity contribution in [3.05, 3.63) is 48.7 Å². The molecule has 4 rings (SSSR count). The van der Waals surface area contributed by atoms with Gasteiger partial charge in [0.1, 0.15) is 11.6 Å². The lowest BCUT2D eigenvalue weighted by molar-refractivity contribution is -0.915. The Morgan fingerprint density at radius 2 is 1.86 bits per heavy atom. The van der Waals surface area contributed by atoms with Crippen molar-refractivity contribution in [3.8, 4) is 5.75 Å². The summed E-state index contributed by atoms with van der Waals surface area (Å²) in [6, 6.07) is 12.7. The Labute approximate surface area is 164 Å². The van der Waals surface area contributed by atoms with Crippen LogP contribution in [0.3, 0.4) is 0 Å². The summed E-state index contributed by atoms with van der Waals surface area (Å²) in [6.45, 7) is 5.79. The monoisotopic (exact) mass is 381 g/mol. The van der Waals surface area contributed by atoms with E-state index in [4.69, 9.17) is 4.74 Å². The van der Waals surface area contributed by atoms with Gasteiger partial charge in [-0.05, 0) is 43.3 Å². The molecular weight excluding hydrogens is 356 g/mol. The second-order valence-corrected chi connectivity index (χ2v) is 7.08. The third kappa shape index (κ3) is 3.57. The molecule has 2 aromatic rings. The van der Waals surface area contributed by atoms with Gasteiger partial charge in [-0.2, -0.15) is 0 Å². The number of piperazine rings is 1. The average molecular weight is 381 g/mol. The van der Waals surface area contributed by atoms with E-state index in [9.17, 15) is 9.59 Å². The first-order chi connectivity index (χ1) is 13.7. The van der Waals surface area contributed by atoms with Crippen LogP contribution in [0, 0.1) is 0 Å². The zero-order valence-corrected chi connectivity index (χ0v) is 16.0. The van der Waals surface area contributed by atoms with Gasteiger partial charge in [0.2, 0.25) is 5.91 Å². The molecule has 1 aromatic heterocycles. The highest BCUT2D eigenvalue weighted by Gasteiger charge is 2.46. The van der Waals surface area contributed by atoms with Crippen molar-refractivity contribution < 1.29 is 19.2 Å². The number of ether oxygens (including phenoxy) is 1. The maximum Gasteiger partial charge on any atom is 0.292 e. The molecule has 0 radical (unpaired) electrons. The van der Waals surface area contributed by atoms with Crippen LogP contribution in [-0.4, -0.2) is 55.6 Å². The fraction of sp³-hybridized carbons (Fsp3) is 0.381. The van der Waals surface area contributed by atoms with E-state index in [1.807, 2.05) is 25.1 Å². The van der Waals surface area contributed by atoms with E-state index >= 15 is 0 Å². The fourth-order valence-electron chi connectivity index (χ4n) is 3.99. The number of hydrogen-bond acceptors (Lipinski definition) is 5. The highest BCUT2D eigenvalue weighted by molar-refractivity contribution is 6.21. The number of carbonyl (C=O) groups excluding carboxylic acids is 2. The summed E-state index contributed by atoms with van der Waals surface area (Å²) in [5.74, 6) is 1.47. The summed E-state index contributed by atoms with van der Waals surface area (Å²) in [5, 5.41) is 0. The van der Waals surface area contributed by atoms with Crippen LogP contribution >= 0.6 is 0 Å². The van der Waals surface area contributed by atoms with Crippen LogP contribution in [0.2, 0.25) is 0 Å². The van der Waals surface area contributed by atoms with Gasteiger partial charge in [0.15, 0.2) is 6.04 Å². The van der Waals surface area contributed by atoms with Crippen LogP contribution < -0.4 is 19.4 Å². The molecule has 2 fully saturated rings. The molecule has 1 unspecified atom stereocenters. The second kappa shape index (κ2) is 7.98. The summed E-state index contributed by atoms with van der Waals surface area (Å²) in [4.78, 5) is 34.7. The van der Waals surface area contributed by atoms with Gasteiger partial charge in [-0.1, -0.05) is 6.07 Å². The lowest BCUT2D eigenvalue weighted by Gasteiger charge is -2.34. The van der Waals surface area contributed by atoms with Gasteiger partial charge in [-0.3, -0.25) is 9.59 Å². The van der Waals surface area contributed by atoms with E-state index in [1.54, 1.807) is 30.5 Å². The molecule has 146 valence electrons. The molecule has 7 heteroatoms. The minimum Gasteiger partial charge on any atom is -0.494 e. The van der Waals surface area contributed by atoms with E-state index < -0.39 is 0 Å². The molecule has 28 heavy (non-hydrogen) atoms. The number of aromatic nitrogens is 1. The third-order valence-corrected chi connectivity index (χ3v) is 5.42. The lowest BCUT2D eigenvalue weighted by Crippen LogP contribution is -3.19. The van der Waals surface area contributed by atoms with E-state index in [0.29, 0.717) is 12.3 Å². The number of nitrogens with zero attached hydrogens (tertiary/aromatic N) is 3. The number of benzene rings is 1. The molecule has 0 saturated carbocycles. The Morgan fingerprint density at radius 1 is 1.11 bits per heavy atom. The van der Waals surface area contributed by atoms with Crippen molar-refractivity contribution in [2.45, 2.75) is 19.4 Å². The molecule has 2 amide bonds. The first-order valence-electron chi connectivity index (χ1n) is 9.77. The number of imide groups is 1. The van der Waals surface area contributed by atoms with Gasteiger partial charge in [-0.25, -0.2) is 9.88 Å². The predicted octanol–water partition coefficient (Wildman–Crippen LogP) is 0.517. The molecule has 2 aliphatic heterocycles. The quantitative estimate of drug-likeness (QED) is 0.765. The molecule has 3 heterocycles. The van der Waals surface area contributed by atoms with Crippen LogP contribution in [0.1, 0.15) is 13.3 Å². The van der Waals surface area contributed by atoms with Gasteiger partial charge < -0.3 is 14.5 Å². The van der Waals surface area contributed by atoms with Crippen LogP contribution in [0.15, 0.2) is 48.7 Å². The normalized spacial score (nSPS) is 20.7. The maximum absolute atomic E-state index is 13.0. The summed E-state index contributed by atoms with van der Waals surface area (Å²) < 4.78 is 5.44. The zero-order valence-electron chi connectivity index (χ0n) is 16.0. The Morgan fingerprint density at radius 3 is 2.50 bits per heavy atom.